The first-order valence-corrected chi connectivity index (χ1v) is 13.5. The second-order valence-corrected chi connectivity index (χ2v) is 11.8. The molecule has 38 heavy (non-hydrogen) atoms. The topological polar surface area (TPSA) is 96.8 Å². The Morgan fingerprint density at radius 3 is 2.50 bits per heavy atom. The Morgan fingerprint density at radius 2 is 1.89 bits per heavy atom. The first kappa shape index (κ1) is 27.6. The Hall–Kier alpha value is -3.38. The van der Waals surface area contributed by atoms with Crippen LogP contribution in [0.3, 0.4) is 0 Å². The summed E-state index contributed by atoms with van der Waals surface area (Å²) in [6, 6.07) is 7.19. The minimum Gasteiger partial charge on any atom is -0.443 e. The lowest BCUT2D eigenvalue weighted by Crippen LogP contribution is -2.41. The van der Waals surface area contributed by atoms with Crippen LogP contribution in [0.25, 0.3) is 0 Å². The largest absolute Gasteiger partial charge is 0.443 e. The van der Waals surface area contributed by atoms with Crippen molar-refractivity contribution < 1.29 is 26.7 Å². The zero-order valence-electron chi connectivity index (χ0n) is 21.2. The summed E-state index contributed by atoms with van der Waals surface area (Å²) in [5.41, 5.74) is 0.0327. The molecule has 4 rings (SSSR count). The van der Waals surface area contributed by atoms with Gasteiger partial charge in [-0.25, -0.2) is 22.0 Å². The maximum absolute atomic E-state index is 15.4. The van der Waals surface area contributed by atoms with Crippen LogP contribution in [0.4, 0.5) is 36.5 Å². The molecule has 2 aromatic carbocycles. The number of nitrogens with zero attached hydrogens (tertiary/aromatic N) is 4. The van der Waals surface area contributed by atoms with Gasteiger partial charge in [0.2, 0.25) is 0 Å². The molecule has 1 saturated heterocycles. The number of rotatable bonds is 6. The van der Waals surface area contributed by atoms with Crippen LogP contribution in [0, 0.1) is 18.1 Å². The van der Waals surface area contributed by atoms with Gasteiger partial charge in [-0.3, -0.25) is 4.68 Å². The van der Waals surface area contributed by atoms with Crippen LogP contribution >= 0.6 is 11.6 Å². The Labute approximate surface area is 225 Å². The Balaban J connectivity index is 1.73. The number of benzene rings is 2. The van der Waals surface area contributed by atoms with Crippen LogP contribution < -0.4 is 14.5 Å². The number of amides is 1. The summed E-state index contributed by atoms with van der Waals surface area (Å²) in [4.78, 5) is 14.0. The first-order valence-electron chi connectivity index (χ1n) is 11.7. The van der Waals surface area contributed by atoms with E-state index < -0.39 is 38.2 Å². The number of anilines is 4. The minimum absolute atomic E-state index is 0.0563. The zero-order chi connectivity index (χ0) is 27.8. The molecule has 0 aliphatic carbocycles. The Morgan fingerprint density at radius 1 is 1.16 bits per heavy atom. The molecule has 1 aliphatic heterocycles. The SMILES string of the molecule is Cn1ccc(N(C(=O)OC(C)(C)C)S(=O)(=O)c2cc(Cl)c(Nc3ccc(F)cc3N3C[CH]CC3)cc2F)n1. The molecule has 0 saturated carbocycles. The van der Waals surface area contributed by atoms with E-state index in [1.807, 2.05) is 4.90 Å². The lowest BCUT2D eigenvalue weighted by molar-refractivity contribution is 0.0608. The summed E-state index contributed by atoms with van der Waals surface area (Å²) in [6.07, 6.45) is 3.06. The average Bonchev–Trinajstić information content (AvgIpc) is 3.48. The molecule has 0 bridgehead atoms. The van der Waals surface area contributed by atoms with Crippen LogP contribution in [0.15, 0.2) is 47.5 Å². The third-order valence-electron chi connectivity index (χ3n) is 5.53. The number of ether oxygens (including phenoxy) is 1. The summed E-state index contributed by atoms with van der Waals surface area (Å²) in [5, 5.41) is 6.82. The van der Waals surface area contributed by atoms with E-state index in [4.69, 9.17) is 16.3 Å². The maximum Gasteiger partial charge on any atom is 0.430 e. The second-order valence-electron chi connectivity index (χ2n) is 9.67. The average molecular weight is 567 g/mol. The molecular weight excluding hydrogens is 540 g/mol. The van der Waals surface area contributed by atoms with Gasteiger partial charge in [0.25, 0.3) is 10.0 Å². The van der Waals surface area contributed by atoms with Crippen molar-refractivity contribution in [2.24, 2.45) is 7.05 Å². The number of nitrogens with one attached hydrogen (secondary N) is 1. The van der Waals surface area contributed by atoms with Gasteiger partial charge in [0, 0.05) is 38.5 Å². The highest BCUT2D eigenvalue weighted by atomic mass is 35.5. The van der Waals surface area contributed by atoms with Crippen molar-refractivity contribution in [3.05, 3.63) is 65.7 Å². The maximum atomic E-state index is 15.4. The second kappa shape index (κ2) is 10.4. The third-order valence-corrected chi connectivity index (χ3v) is 7.53. The molecular formula is C25H27ClF2N5O4S. The van der Waals surface area contributed by atoms with Gasteiger partial charge in [-0.1, -0.05) is 11.6 Å². The predicted octanol–water partition coefficient (Wildman–Crippen LogP) is 5.64. The smallest absolute Gasteiger partial charge is 0.430 e. The molecule has 1 N–H and O–H groups in total. The number of hydrogen-bond acceptors (Lipinski definition) is 7. The van der Waals surface area contributed by atoms with E-state index in [0.29, 0.717) is 28.8 Å². The van der Waals surface area contributed by atoms with Gasteiger partial charge in [-0.05, 0) is 57.9 Å². The number of halogens is 3. The van der Waals surface area contributed by atoms with E-state index in [0.717, 1.165) is 18.6 Å². The van der Waals surface area contributed by atoms with Crippen LogP contribution in [0.1, 0.15) is 27.2 Å². The summed E-state index contributed by atoms with van der Waals surface area (Å²) in [5.74, 6) is -1.88. The third kappa shape index (κ3) is 5.86. The molecule has 2 heterocycles. The Kier molecular flexibility index (Phi) is 7.57. The minimum atomic E-state index is -4.85. The van der Waals surface area contributed by atoms with E-state index in [9.17, 15) is 17.6 Å². The van der Waals surface area contributed by atoms with E-state index >= 15 is 4.39 Å². The monoisotopic (exact) mass is 566 g/mol. The molecule has 203 valence electrons. The number of aromatic nitrogens is 2. The normalized spacial score (nSPS) is 14.0. The fraction of sp³-hybridized carbons (Fsp3) is 0.320. The van der Waals surface area contributed by atoms with Gasteiger partial charge in [-0.2, -0.15) is 5.10 Å². The Bertz CT molecular complexity index is 1470. The summed E-state index contributed by atoms with van der Waals surface area (Å²) in [7, 11) is -3.32. The summed E-state index contributed by atoms with van der Waals surface area (Å²) >= 11 is 6.40. The number of sulfonamides is 1. The van der Waals surface area contributed by atoms with Crippen molar-refractivity contribution in [1.82, 2.24) is 9.78 Å². The van der Waals surface area contributed by atoms with Crippen LogP contribution in [-0.2, 0) is 21.8 Å². The molecule has 9 nitrogen and oxygen atoms in total. The fourth-order valence-corrected chi connectivity index (χ4v) is 5.49. The molecule has 1 radical (unpaired) electrons. The van der Waals surface area contributed by atoms with Crippen molar-refractivity contribution >= 4 is 50.6 Å². The highest BCUT2D eigenvalue weighted by Crippen LogP contribution is 2.37. The van der Waals surface area contributed by atoms with Gasteiger partial charge in [0.15, 0.2) is 5.82 Å². The van der Waals surface area contributed by atoms with Gasteiger partial charge >= 0.3 is 6.09 Å². The van der Waals surface area contributed by atoms with E-state index in [1.54, 1.807) is 20.8 Å². The van der Waals surface area contributed by atoms with Crippen molar-refractivity contribution in [2.75, 3.05) is 27.6 Å². The van der Waals surface area contributed by atoms with Crippen molar-refractivity contribution in [2.45, 2.75) is 37.7 Å². The zero-order valence-corrected chi connectivity index (χ0v) is 22.8. The van der Waals surface area contributed by atoms with Crippen LogP contribution in [0.2, 0.25) is 5.02 Å². The van der Waals surface area contributed by atoms with E-state index in [1.165, 1.54) is 42.2 Å². The van der Waals surface area contributed by atoms with Crippen LogP contribution in [-0.4, -0.2) is 43.0 Å². The highest BCUT2D eigenvalue weighted by Gasteiger charge is 2.38. The molecule has 1 fully saturated rings. The number of aryl methyl sites for hydroxylation is 1. The van der Waals surface area contributed by atoms with Gasteiger partial charge < -0.3 is 15.0 Å². The lowest BCUT2D eigenvalue weighted by atomic mass is 10.2. The summed E-state index contributed by atoms with van der Waals surface area (Å²) < 4.78 is 63.4. The van der Waals surface area contributed by atoms with Gasteiger partial charge in [0.1, 0.15) is 22.1 Å². The van der Waals surface area contributed by atoms with Crippen molar-refractivity contribution in [3.8, 4) is 0 Å². The van der Waals surface area contributed by atoms with Crippen molar-refractivity contribution in [3.63, 3.8) is 0 Å². The van der Waals surface area contributed by atoms with E-state index in [2.05, 4.69) is 16.8 Å². The molecule has 1 aliphatic rings. The van der Waals surface area contributed by atoms with E-state index in [-0.39, 0.29) is 16.5 Å². The van der Waals surface area contributed by atoms with Crippen molar-refractivity contribution in [1.29, 1.82) is 0 Å². The summed E-state index contributed by atoms with van der Waals surface area (Å²) in [6.45, 7) is 6.00. The molecule has 3 aromatic rings. The molecule has 0 spiro atoms. The number of carbonyl (C=O) groups excluding carboxylic acids is 1. The molecule has 0 atom stereocenters. The van der Waals surface area contributed by atoms with Gasteiger partial charge in [0.05, 0.1) is 22.1 Å². The molecule has 0 unspecified atom stereocenters. The quantitative estimate of drug-likeness (QED) is 0.412. The first-order chi connectivity index (χ1) is 17.8. The predicted molar refractivity (Wildman–Crippen MR) is 141 cm³/mol. The number of carbonyl (C=O) groups is 1. The number of hydrogen-bond donors (Lipinski definition) is 1. The highest BCUT2D eigenvalue weighted by molar-refractivity contribution is 7.93. The van der Waals surface area contributed by atoms with Gasteiger partial charge in [-0.15, -0.1) is 4.31 Å². The standard InChI is InChI=1S/C25H27ClF2N5O4S/c1-25(2,3)37-24(34)33(23-9-12-31(4)30-23)38(35,36)22-14-17(26)20(15-18(22)28)29-19-8-7-16(27)13-21(19)32-10-5-6-11-32/h5,7-9,12-15,29H,6,10-11H2,1-4H3. The molecule has 13 heteroatoms. The lowest BCUT2D eigenvalue weighted by Gasteiger charge is -2.26. The molecule has 1 aromatic heterocycles. The van der Waals surface area contributed by atoms with Crippen LogP contribution in [0.5, 0.6) is 0 Å². The molecule has 1 amide bonds. The fourth-order valence-electron chi connectivity index (χ4n) is 3.87.